The predicted molar refractivity (Wildman–Crippen MR) is 109 cm³/mol. The van der Waals surface area contributed by atoms with Crippen molar-refractivity contribution in [2.24, 2.45) is 0 Å². The first kappa shape index (κ1) is 23.5. The summed E-state index contributed by atoms with van der Waals surface area (Å²) in [6, 6.07) is 5.42. The van der Waals surface area contributed by atoms with Crippen molar-refractivity contribution in [1.29, 1.82) is 0 Å². The summed E-state index contributed by atoms with van der Waals surface area (Å²) < 4.78 is 59.1. The Hall–Kier alpha value is -2.77. The van der Waals surface area contributed by atoms with Gasteiger partial charge in [-0.3, -0.25) is 5.32 Å². The Morgan fingerprint density at radius 1 is 1.07 bits per heavy atom. The normalized spacial score (nSPS) is 11.9. The fourth-order valence-electron chi connectivity index (χ4n) is 2.59. The number of aromatic nitrogens is 2. The third-order valence-electron chi connectivity index (χ3n) is 3.95. The summed E-state index contributed by atoms with van der Waals surface area (Å²) in [6.45, 7) is 5.24. The second kappa shape index (κ2) is 9.36. The summed E-state index contributed by atoms with van der Waals surface area (Å²) in [4.78, 5) is 19.1. The van der Waals surface area contributed by atoms with Crippen molar-refractivity contribution >= 4 is 32.0 Å². The van der Waals surface area contributed by atoms with E-state index in [2.05, 4.69) is 15.3 Å². The van der Waals surface area contributed by atoms with Gasteiger partial charge in [0, 0.05) is 24.8 Å². The monoisotopic (exact) mass is 457 g/mol. The third kappa shape index (κ3) is 5.23. The summed E-state index contributed by atoms with van der Waals surface area (Å²) in [5, 5.41) is 2.20. The standard InChI is InChI=1S/C17H23N5O6S2/c1-5-22(6-2)30(26,27)14-10-8-7-9-13(14)29(24,25)21-17(23)20-16-18-12(3)11-15(19-16)28-4/h7-11H,5-6H2,1-4H3,(H2,18,19,20,21,23). The van der Waals surface area contributed by atoms with E-state index in [0.29, 0.717) is 5.69 Å². The van der Waals surface area contributed by atoms with Crippen molar-refractivity contribution < 1.29 is 26.4 Å². The van der Waals surface area contributed by atoms with Gasteiger partial charge in [-0.05, 0) is 19.1 Å². The molecule has 2 rings (SSSR count). The lowest BCUT2D eigenvalue weighted by atomic mass is 10.4. The Balaban J connectivity index is 2.35. The number of carbonyl (C=O) groups excluding carboxylic acids is 1. The van der Waals surface area contributed by atoms with E-state index in [1.54, 1.807) is 25.5 Å². The van der Waals surface area contributed by atoms with Crippen LogP contribution in [0.25, 0.3) is 0 Å². The Morgan fingerprint density at radius 3 is 2.23 bits per heavy atom. The highest BCUT2D eigenvalue weighted by molar-refractivity contribution is 7.92. The van der Waals surface area contributed by atoms with Gasteiger partial charge in [-0.1, -0.05) is 26.0 Å². The molecular weight excluding hydrogens is 434 g/mol. The highest BCUT2D eigenvalue weighted by Gasteiger charge is 2.30. The zero-order chi connectivity index (χ0) is 22.5. The zero-order valence-electron chi connectivity index (χ0n) is 16.9. The number of hydrogen-bond acceptors (Lipinski definition) is 8. The molecule has 30 heavy (non-hydrogen) atoms. The summed E-state index contributed by atoms with van der Waals surface area (Å²) in [6.07, 6.45) is 0. The van der Waals surface area contributed by atoms with Gasteiger partial charge in [0.05, 0.1) is 7.11 Å². The van der Waals surface area contributed by atoms with Crippen LogP contribution in [0, 0.1) is 6.92 Å². The van der Waals surface area contributed by atoms with Crippen LogP contribution in [0.1, 0.15) is 19.5 Å². The number of urea groups is 1. The topological polar surface area (TPSA) is 148 Å². The molecule has 2 amide bonds. The molecule has 0 saturated carbocycles. The van der Waals surface area contributed by atoms with Crippen LogP contribution in [0.5, 0.6) is 5.88 Å². The largest absolute Gasteiger partial charge is 0.481 e. The summed E-state index contributed by atoms with van der Waals surface area (Å²) in [5.41, 5.74) is 0.482. The van der Waals surface area contributed by atoms with Crippen LogP contribution < -0.4 is 14.8 Å². The minimum absolute atomic E-state index is 0.160. The molecule has 0 spiro atoms. The van der Waals surface area contributed by atoms with Gasteiger partial charge in [0.2, 0.25) is 21.9 Å². The molecular formula is C17H23N5O6S2. The average Bonchev–Trinajstić information content (AvgIpc) is 2.67. The van der Waals surface area contributed by atoms with Crippen LogP contribution in [0.3, 0.4) is 0 Å². The number of amides is 2. The molecule has 1 heterocycles. The number of nitrogens with zero attached hydrogens (tertiary/aromatic N) is 3. The highest BCUT2D eigenvalue weighted by Crippen LogP contribution is 2.24. The number of hydrogen-bond donors (Lipinski definition) is 2. The second-order valence-electron chi connectivity index (χ2n) is 5.97. The predicted octanol–water partition coefficient (Wildman–Crippen LogP) is 1.33. The van der Waals surface area contributed by atoms with Gasteiger partial charge >= 0.3 is 6.03 Å². The summed E-state index contributed by atoms with van der Waals surface area (Å²) in [5.74, 6) is -0.0000772. The quantitative estimate of drug-likeness (QED) is 0.603. The van der Waals surface area contributed by atoms with Crippen LogP contribution in [0.2, 0.25) is 0 Å². The van der Waals surface area contributed by atoms with Crippen molar-refractivity contribution in [3.8, 4) is 5.88 Å². The first-order valence-corrected chi connectivity index (χ1v) is 11.8. The molecule has 13 heteroatoms. The molecule has 1 aromatic carbocycles. The smallest absolute Gasteiger partial charge is 0.335 e. The Bertz CT molecular complexity index is 1130. The summed E-state index contributed by atoms with van der Waals surface area (Å²) in [7, 11) is -7.23. The second-order valence-corrected chi connectivity index (χ2v) is 9.53. The minimum Gasteiger partial charge on any atom is -0.481 e. The van der Waals surface area contributed by atoms with Crippen molar-refractivity contribution in [3.63, 3.8) is 0 Å². The van der Waals surface area contributed by atoms with Crippen LogP contribution in [-0.4, -0.2) is 57.3 Å². The number of carbonyl (C=O) groups is 1. The van der Waals surface area contributed by atoms with Crippen LogP contribution in [0.15, 0.2) is 40.1 Å². The molecule has 0 bridgehead atoms. The maximum atomic E-state index is 12.8. The molecule has 0 aliphatic carbocycles. The van der Waals surface area contributed by atoms with Gasteiger partial charge in [0.15, 0.2) is 0 Å². The lowest BCUT2D eigenvalue weighted by molar-refractivity contribution is 0.256. The number of anilines is 1. The summed E-state index contributed by atoms with van der Waals surface area (Å²) >= 11 is 0. The molecule has 2 aromatic rings. The maximum Gasteiger partial charge on any atom is 0.335 e. The van der Waals surface area contributed by atoms with Gasteiger partial charge in [-0.25, -0.2) is 31.3 Å². The molecule has 0 aliphatic heterocycles. The van der Waals surface area contributed by atoms with Crippen molar-refractivity contribution in [2.45, 2.75) is 30.6 Å². The maximum absolute atomic E-state index is 12.8. The molecule has 0 saturated heterocycles. The van der Waals surface area contributed by atoms with Gasteiger partial charge in [0.25, 0.3) is 10.0 Å². The van der Waals surface area contributed by atoms with Crippen LogP contribution in [0.4, 0.5) is 10.7 Å². The number of benzene rings is 1. The van der Waals surface area contributed by atoms with Gasteiger partial charge in [-0.2, -0.15) is 9.29 Å². The number of sulfonamides is 2. The molecule has 0 aliphatic rings. The van der Waals surface area contributed by atoms with Gasteiger partial charge in [-0.15, -0.1) is 0 Å². The number of aryl methyl sites for hydroxylation is 1. The van der Waals surface area contributed by atoms with E-state index in [1.807, 2.05) is 0 Å². The third-order valence-corrected chi connectivity index (χ3v) is 7.58. The Kier molecular flexibility index (Phi) is 7.34. The van der Waals surface area contributed by atoms with Crippen molar-refractivity contribution in [3.05, 3.63) is 36.0 Å². The fraction of sp³-hybridized carbons (Fsp3) is 0.353. The minimum atomic E-state index is -4.52. The van der Waals surface area contributed by atoms with Gasteiger partial charge < -0.3 is 4.74 Å². The lowest BCUT2D eigenvalue weighted by Gasteiger charge is -2.20. The molecule has 1 aromatic heterocycles. The van der Waals surface area contributed by atoms with E-state index >= 15 is 0 Å². The first-order valence-electron chi connectivity index (χ1n) is 8.87. The van der Waals surface area contributed by atoms with Crippen molar-refractivity contribution in [2.75, 3.05) is 25.5 Å². The molecule has 0 fully saturated rings. The Labute approximate surface area is 175 Å². The lowest BCUT2D eigenvalue weighted by Crippen LogP contribution is -2.37. The zero-order valence-corrected chi connectivity index (χ0v) is 18.5. The fourth-order valence-corrected chi connectivity index (χ4v) is 5.76. The van der Waals surface area contributed by atoms with E-state index in [0.717, 1.165) is 10.4 Å². The molecule has 11 nitrogen and oxygen atoms in total. The number of nitrogens with one attached hydrogen (secondary N) is 2. The van der Waals surface area contributed by atoms with Crippen LogP contribution >= 0.6 is 0 Å². The Morgan fingerprint density at radius 2 is 1.67 bits per heavy atom. The molecule has 2 N–H and O–H groups in total. The molecule has 0 atom stereocenters. The molecule has 164 valence electrons. The number of ether oxygens (including phenoxy) is 1. The average molecular weight is 458 g/mol. The SMILES string of the molecule is CCN(CC)S(=O)(=O)c1ccccc1S(=O)(=O)NC(=O)Nc1nc(C)cc(OC)n1. The number of rotatable bonds is 8. The number of methoxy groups -OCH3 is 1. The van der Waals surface area contributed by atoms with E-state index in [9.17, 15) is 21.6 Å². The van der Waals surface area contributed by atoms with Crippen molar-refractivity contribution in [1.82, 2.24) is 19.0 Å². The van der Waals surface area contributed by atoms with E-state index in [-0.39, 0.29) is 24.9 Å². The first-order chi connectivity index (χ1) is 14.0. The highest BCUT2D eigenvalue weighted by atomic mass is 32.2. The van der Waals surface area contributed by atoms with E-state index in [1.165, 1.54) is 31.4 Å². The molecule has 0 radical (unpaired) electrons. The van der Waals surface area contributed by atoms with Crippen LogP contribution in [-0.2, 0) is 20.0 Å². The van der Waals surface area contributed by atoms with Gasteiger partial charge in [0.1, 0.15) is 9.79 Å². The molecule has 0 unspecified atom stereocenters. The van der Waals surface area contributed by atoms with E-state index < -0.39 is 35.9 Å². The van der Waals surface area contributed by atoms with E-state index in [4.69, 9.17) is 4.74 Å².